The summed E-state index contributed by atoms with van der Waals surface area (Å²) < 4.78 is 18.3. The minimum Gasteiger partial charge on any atom is -0.472 e. The lowest BCUT2D eigenvalue weighted by Crippen LogP contribution is -2.46. The highest BCUT2D eigenvalue weighted by Crippen LogP contribution is 2.24. The molecule has 2 amide bonds. The molecule has 0 atom stereocenters. The molecular formula is C21H20FN3O3S. The maximum absolute atomic E-state index is 13.4. The average Bonchev–Trinajstić information content (AvgIpc) is 3.40. The van der Waals surface area contributed by atoms with Gasteiger partial charge in [0.1, 0.15) is 17.1 Å². The Morgan fingerprint density at radius 2 is 2.10 bits per heavy atom. The van der Waals surface area contributed by atoms with Gasteiger partial charge in [-0.2, -0.15) is 0 Å². The molecule has 1 aliphatic heterocycles. The third kappa shape index (κ3) is 4.71. The highest BCUT2D eigenvalue weighted by atomic mass is 32.1. The van der Waals surface area contributed by atoms with Crippen molar-refractivity contribution in [2.75, 3.05) is 13.1 Å². The van der Waals surface area contributed by atoms with Crippen molar-refractivity contribution in [3.8, 4) is 10.6 Å². The van der Waals surface area contributed by atoms with E-state index in [4.69, 9.17) is 4.42 Å². The molecule has 4 rings (SSSR count). The van der Waals surface area contributed by atoms with Crippen molar-refractivity contribution >= 4 is 23.2 Å². The van der Waals surface area contributed by atoms with Gasteiger partial charge in [-0.3, -0.25) is 9.59 Å². The van der Waals surface area contributed by atoms with E-state index in [1.54, 1.807) is 23.1 Å². The van der Waals surface area contributed by atoms with E-state index in [0.29, 0.717) is 47.8 Å². The second-order valence-electron chi connectivity index (χ2n) is 6.98. The third-order valence-corrected chi connectivity index (χ3v) is 5.82. The predicted molar refractivity (Wildman–Crippen MR) is 107 cm³/mol. The van der Waals surface area contributed by atoms with Crippen molar-refractivity contribution < 1.29 is 18.4 Å². The van der Waals surface area contributed by atoms with Gasteiger partial charge in [0, 0.05) is 30.1 Å². The minimum absolute atomic E-state index is 0.0391. The van der Waals surface area contributed by atoms with Gasteiger partial charge < -0.3 is 14.6 Å². The van der Waals surface area contributed by atoms with Crippen LogP contribution in [-0.4, -0.2) is 40.8 Å². The molecule has 6 nitrogen and oxygen atoms in total. The molecule has 0 unspecified atom stereocenters. The van der Waals surface area contributed by atoms with Crippen LogP contribution in [0.2, 0.25) is 0 Å². The van der Waals surface area contributed by atoms with Gasteiger partial charge >= 0.3 is 0 Å². The third-order valence-electron chi connectivity index (χ3n) is 4.88. The summed E-state index contributed by atoms with van der Waals surface area (Å²) in [5.74, 6) is -0.453. The summed E-state index contributed by atoms with van der Waals surface area (Å²) in [7, 11) is 0. The molecule has 8 heteroatoms. The molecule has 1 aliphatic rings. The molecule has 1 aromatic carbocycles. The van der Waals surface area contributed by atoms with E-state index in [0.717, 1.165) is 0 Å². The summed E-state index contributed by atoms with van der Waals surface area (Å²) >= 11 is 1.39. The van der Waals surface area contributed by atoms with E-state index < -0.39 is 0 Å². The van der Waals surface area contributed by atoms with Gasteiger partial charge in [0.05, 0.1) is 23.9 Å². The van der Waals surface area contributed by atoms with Crippen molar-refractivity contribution in [3.63, 3.8) is 0 Å². The molecule has 1 saturated heterocycles. The van der Waals surface area contributed by atoms with Gasteiger partial charge in [-0.05, 0) is 31.0 Å². The van der Waals surface area contributed by atoms with Gasteiger partial charge in [0.25, 0.3) is 5.91 Å². The number of halogens is 1. The molecular weight excluding hydrogens is 393 g/mol. The Kier molecular flexibility index (Phi) is 5.71. The number of hydrogen-bond acceptors (Lipinski definition) is 5. The largest absolute Gasteiger partial charge is 0.472 e. The minimum atomic E-state index is -0.311. The number of amides is 2. The van der Waals surface area contributed by atoms with Crippen molar-refractivity contribution in [1.29, 1.82) is 0 Å². The van der Waals surface area contributed by atoms with Crippen molar-refractivity contribution in [1.82, 2.24) is 15.2 Å². The number of carbonyl (C=O) groups is 2. The topological polar surface area (TPSA) is 75.4 Å². The van der Waals surface area contributed by atoms with Gasteiger partial charge in [-0.15, -0.1) is 11.3 Å². The summed E-state index contributed by atoms with van der Waals surface area (Å²) in [6.07, 6.45) is 4.53. The highest BCUT2D eigenvalue weighted by molar-refractivity contribution is 7.13. The van der Waals surface area contributed by atoms with Crippen molar-refractivity contribution in [2.24, 2.45) is 0 Å². The Bertz CT molecular complexity index is 994. The number of aromatic nitrogens is 1. The zero-order valence-corrected chi connectivity index (χ0v) is 16.5. The molecule has 1 fully saturated rings. The highest BCUT2D eigenvalue weighted by Gasteiger charge is 2.25. The number of thiazole rings is 1. The maximum Gasteiger partial charge on any atom is 0.257 e. The summed E-state index contributed by atoms with van der Waals surface area (Å²) in [5.41, 5.74) is 1.92. The smallest absolute Gasteiger partial charge is 0.257 e. The van der Waals surface area contributed by atoms with Crippen LogP contribution in [0.25, 0.3) is 10.6 Å². The number of benzene rings is 1. The number of nitrogens with zero attached hydrogens (tertiary/aromatic N) is 2. The van der Waals surface area contributed by atoms with Crippen LogP contribution in [0.4, 0.5) is 4.39 Å². The Labute approximate surface area is 171 Å². The lowest BCUT2D eigenvalue weighted by atomic mass is 10.0. The van der Waals surface area contributed by atoms with E-state index in [-0.39, 0.29) is 30.1 Å². The Balaban J connectivity index is 1.27. The number of hydrogen-bond donors (Lipinski definition) is 1. The zero-order chi connectivity index (χ0) is 20.2. The number of carbonyl (C=O) groups excluding carboxylic acids is 2. The molecule has 0 radical (unpaired) electrons. The summed E-state index contributed by atoms with van der Waals surface area (Å²) in [6.45, 7) is 1.19. The van der Waals surface area contributed by atoms with Crippen LogP contribution in [0.5, 0.6) is 0 Å². The van der Waals surface area contributed by atoms with E-state index in [1.165, 1.54) is 36.0 Å². The van der Waals surface area contributed by atoms with E-state index >= 15 is 0 Å². The number of nitrogens with one attached hydrogen (secondary N) is 1. The molecule has 0 spiro atoms. The van der Waals surface area contributed by atoms with Crippen LogP contribution in [0.15, 0.2) is 52.7 Å². The molecule has 0 saturated carbocycles. The lowest BCUT2D eigenvalue weighted by Gasteiger charge is -2.32. The van der Waals surface area contributed by atoms with Crippen LogP contribution < -0.4 is 5.32 Å². The summed E-state index contributed by atoms with van der Waals surface area (Å²) in [5, 5.41) is 5.55. The molecule has 3 aromatic rings. The fourth-order valence-corrected chi connectivity index (χ4v) is 4.20. The van der Waals surface area contributed by atoms with Crippen molar-refractivity contribution in [2.45, 2.75) is 25.3 Å². The average molecular weight is 413 g/mol. The quantitative estimate of drug-likeness (QED) is 0.695. The molecule has 29 heavy (non-hydrogen) atoms. The Morgan fingerprint density at radius 3 is 2.83 bits per heavy atom. The first-order valence-corrected chi connectivity index (χ1v) is 10.3. The molecule has 0 bridgehead atoms. The molecule has 2 aromatic heterocycles. The van der Waals surface area contributed by atoms with Gasteiger partial charge in [-0.25, -0.2) is 9.37 Å². The number of piperidine rings is 1. The first-order chi connectivity index (χ1) is 14.1. The first-order valence-electron chi connectivity index (χ1n) is 9.39. The zero-order valence-electron chi connectivity index (χ0n) is 15.6. The SMILES string of the molecule is O=C(Cc1csc(-c2cccc(F)c2)n1)NC1CCN(C(=O)c2ccoc2)CC1. The van der Waals surface area contributed by atoms with Crippen LogP contribution in [-0.2, 0) is 11.2 Å². The van der Waals surface area contributed by atoms with Crippen LogP contribution >= 0.6 is 11.3 Å². The second kappa shape index (κ2) is 8.57. The molecule has 150 valence electrons. The van der Waals surface area contributed by atoms with Crippen LogP contribution in [0.3, 0.4) is 0 Å². The Hall–Kier alpha value is -3.00. The summed E-state index contributed by atoms with van der Waals surface area (Å²) in [4.78, 5) is 30.9. The predicted octanol–water partition coefficient (Wildman–Crippen LogP) is 3.51. The van der Waals surface area contributed by atoms with Gasteiger partial charge in [0.15, 0.2) is 0 Å². The molecule has 0 aliphatic carbocycles. The fraction of sp³-hybridized carbons (Fsp3) is 0.286. The number of rotatable bonds is 5. The normalized spacial score (nSPS) is 14.7. The second-order valence-corrected chi connectivity index (χ2v) is 7.84. The van der Waals surface area contributed by atoms with Crippen molar-refractivity contribution in [3.05, 3.63) is 65.3 Å². The van der Waals surface area contributed by atoms with E-state index in [1.807, 2.05) is 5.38 Å². The fourth-order valence-electron chi connectivity index (χ4n) is 3.38. The number of likely N-dealkylation sites (tertiary alicyclic amines) is 1. The van der Waals surface area contributed by atoms with E-state index in [9.17, 15) is 14.0 Å². The first kappa shape index (κ1) is 19.3. The molecule has 1 N–H and O–H groups in total. The van der Waals surface area contributed by atoms with Gasteiger partial charge in [0.2, 0.25) is 5.91 Å². The van der Waals surface area contributed by atoms with Crippen LogP contribution in [0, 0.1) is 5.82 Å². The number of furan rings is 1. The molecule has 3 heterocycles. The lowest BCUT2D eigenvalue weighted by molar-refractivity contribution is -0.121. The van der Waals surface area contributed by atoms with Gasteiger partial charge in [-0.1, -0.05) is 12.1 Å². The Morgan fingerprint density at radius 1 is 1.28 bits per heavy atom. The van der Waals surface area contributed by atoms with E-state index in [2.05, 4.69) is 10.3 Å². The van der Waals surface area contributed by atoms with Crippen LogP contribution in [0.1, 0.15) is 28.9 Å². The summed E-state index contributed by atoms with van der Waals surface area (Å²) in [6, 6.07) is 7.95. The standard InChI is InChI=1S/C21H20FN3O3S/c22-16-3-1-2-14(10-16)20-24-18(13-29-20)11-19(26)23-17-4-7-25(8-5-17)21(27)15-6-9-28-12-15/h1-3,6,9-10,12-13,17H,4-5,7-8,11H2,(H,23,26). The monoisotopic (exact) mass is 413 g/mol. The maximum atomic E-state index is 13.4.